The molecule has 8 heteroatoms. The van der Waals surface area contributed by atoms with E-state index < -0.39 is 15.1 Å². The van der Waals surface area contributed by atoms with Crippen molar-refractivity contribution >= 4 is 15.5 Å². The highest BCUT2D eigenvalue weighted by Gasteiger charge is 2.25. The zero-order valence-corrected chi connectivity index (χ0v) is 13.1. The molecule has 118 valence electrons. The van der Waals surface area contributed by atoms with Crippen molar-refractivity contribution in [3.63, 3.8) is 0 Å². The van der Waals surface area contributed by atoms with E-state index in [0.717, 1.165) is 0 Å². The molecule has 1 heterocycles. The molecule has 1 atom stereocenters. The maximum atomic E-state index is 12.5. The Hall–Kier alpha value is -2.79. The summed E-state index contributed by atoms with van der Waals surface area (Å²) < 4.78 is 24.9. The standard InChI is InChI=1S/C15H14N4O3S/c1-10(23(21,22)13-4-2-12(20)3-5-13)6-14(17)15-9-18-8-11(7-16)19-15/h2-5,8-10,17,20H,6H2,1H3. The Balaban J connectivity index is 2.20. The summed E-state index contributed by atoms with van der Waals surface area (Å²) in [4.78, 5) is 7.82. The number of aromatic nitrogens is 2. The van der Waals surface area contributed by atoms with E-state index in [1.165, 1.54) is 43.6 Å². The minimum atomic E-state index is -3.64. The first-order valence-electron chi connectivity index (χ1n) is 6.67. The largest absolute Gasteiger partial charge is 0.508 e. The number of aromatic hydroxyl groups is 1. The zero-order valence-electron chi connectivity index (χ0n) is 12.3. The number of benzene rings is 1. The van der Waals surface area contributed by atoms with Crippen LogP contribution in [0.3, 0.4) is 0 Å². The number of hydrogen-bond donors (Lipinski definition) is 2. The Morgan fingerprint density at radius 1 is 1.35 bits per heavy atom. The molecule has 2 rings (SSSR count). The van der Waals surface area contributed by atoms with Crippen molar-refractivity contribution in [1.82, 2.24) is 9.97 Å². The van der Waals surface area contributed by atoms with Crippen LogP contribution in [0, 0.1) is 16.7 Å². The summed E-state index contributed by atoms with van der Waals surface area (Å²) in [7, 11) is -3.64. The minimum absolute atomic E-state index is 0.00977. The van der Waals surface area contributed by atoms with Gasteiger partial charge in [0.25, 0.3) is 0 Å². The van der Waals surface area contributed by atoms with E-state index in [9.17, 15) is 13.5 Å². The SMILES string of the molecule is CC(CC(=N)c1cncc(C#N)n1)S(=O)(=O)c1ccc(O)cc1. The van der Waals surface area contributed by atoms with Gasteiger partial charge in [0.15, 0.2) is 15.5 Å². The molecule has 23 heavy (non-hydrogen) atoms. The molecule has 0 spiro atoms. The Kier molecular flexibility index (Phi) is 4.71. The van der Waals surface area contributed by atoms with Gasteiger partial charge in [-0.2, -0.15) is 5.26 Å². The molecule has 7 nitrogen and oxygen atoms in total. The van der Waals surface area contributed by atoms with Crippen LogP contribution < -0.4 is 0 Å². The second-order valence-corrected chi connectivity index (χ2v) is 7.30. The van der Waals surface area contributed by atoms with Crippen LogP contribution in [0.5, 0.6) is 5.75 Å². The number of nitrogens with one attached hydrogen (secondary N) is 1. The lowest BCUT2D eigenvalue weighted by Gasteiger charge is -2.13. The normalized spacial score (nSPS) is 12.3. The van der Waals surface area contributed by atoms with Crippen LogP contribution in [-0.4, -0.2) is 34.5 Å². The third-order valence-corrected chi connectivity index (χ3v) is 5.40. The lowest BCUT2D eigenvalue weighted by molar-refractivity contribution is 0.474. The topological polar surface area (TPSA) is 128 Å². The Labute approximate surface area is 133 Å². The fraction of sp³-hybridized carbons (Fsp3) is 0.200. The first kappa shape index (κ1) is 16.6. The summed E-state index contributed by atoms with van der Waals surface area (Å²) in [5.41, 5.74) is 0.238. The predicted molar refractivity (Wildman–Crippen MR) is 82.9 cm³/mol. The molecule has 1 unspecified atom stereocenters. The lowest BCUT2D eigenvalue weighted by Crippen LogP contribution is -2.22. The van der Waals surface area contributed by atoms with Gasteiger partial charge >= 0.3 is 0 Å². The van der Waals surface area contributed by atoms with Crippen molar-refractivity contribution in [3.8, 4) is 11.8 Å². The maximum Gasteiger partial charge on any atom is 0.181 e. The number of sulfone groups is 1. The van der Waals surface area contributed by atoms with Crippen LogP contribution in [0.4, 0.5) is 0 Å². The smallest absolute Gasteiger partial charge is 0.181 e. The van der Waals surface area contributed by atoms with Crippen molar-refractivity contribution in [2.45, 2.75) is 23.5 Å². The molecule has 1 aromatic heterocycles. The molecule has 0 aliphatic carbocycles. The Morgan fingerprint density at radius 2 is 2.00 bits per heavy atom. The van der Waals surface area contributed by atoms with Crippen molar-refractivity contribution in [3.05, 3.63) is 48.0 Å². The highest BCUT2D eigenvalue weighted by Crippen LogP contribution is 2.21. The number of nitriles is 1. The molecule has 0 fully saturated rings. The van der Waals surface area contributed by atoms with Gasteiger partial charge in [-0.25, -0.2) is 13.4 Å². The van der Waals surface area contributed by atoms with E-state index in [0.29, 0.717) is 0 Å². The summed E-state index contributed by atoms with van der Waals surface area (Å²) in [5.74, 6) is -0.0204. The van der Waals surface area contributed by atoms with Crippen molar-refractivity contribution in [2.24, 2.45) is 0 Å². The fourth-order valence-electron chi connectivity index (χ4n) is 1.94. The number of nitrogens with zero attached hydrogens (tertiary/aromatic N) is 3. The van der Waals surface area contributed by atoms with Crippen molar-refractivity contribution < 1.29 is 13.5 Å². The second kappa shape index (κ2) is 6.54. The van der Waals surface area contributed by atoms with Gasteiger partial charge in [-0.1, -0.05) is 0 Å². The van der Waals surface area contributed by atoms with Crippen molar-refractivity contribution in [1.29, 1.82) is 10.7 Å². The van der Waals surface area contributed by atoms with E-state index in [4.69, 9.17) is 10.7 Å². The van der Waals surface area contributed by atoms with Crippen molar-refractivity contribution in [2.75, 3.05) is 0 Å². The summed E-state index contributed by atoms with van der Waals surface area (Å²) in [5, 5.41) is 25.2. The number of phenols is 1. The highest BCUT2D eigenvalue weighted by molar-refractivity contribution is 7.92. The van der Waals surface area contributed by atoms with Gasteiger partial charge < -0.3 is 10.5 Å². The minimum Gasteiger partial charge on any atom is -0.508 e. The quantitative estimate of drug-likeness (QED) is 0.803. The summed E-state index contributed by atoms with van der Waals surface area (Å²) in [6.07, 6.45) is 2.53. The Morgan fingerprint density at radius 3 is 2.61 bits per heavy atom. The monoisotopic (exact) mass is 330 g/mol. The highest BCUT2D eigenvalue weighted by atomic mass is 32.2. The average molecular weight is 330 g/mol. The van der Waals surface area contributed by atoms with E-state index in [1.54, 1.807) is 0 Å². The molecule has 0 saturated carbocycles. The van der Waals surface area contributed by atoms with Crippen LogP contribution in [-0.2, 0) is 9.84 Å². The van der Waals surface area contributed by atoms with Gasteiger partial charge in [-0.3, -0.25) is 4.98 Å². The van der Waals surface area contributed by atoms with Crippen LogP contribution in [0.2, 0.25) is 0 Å². The molecule has 2 aromatic rings. The molecular formula is C15H14N4O3S. The van der Waals surface area contributed by atoms with Crippen LogP contribution in [0.15, 0.2) is 41.6 Å². The van der Waals surface area contributed by atoms with Gasteiger partial charge in [-0.15, -0.1) is 0 Å². The van der Waals surface area contributed by atoms with E-state index in [-0.39, 0.29) is 34.2 Å². The molecular weight excluding hydrogens is 316 g/mol. The van der Waals surface area contributed by atoms with Gasteiger partial charge in [0, 0.05) is 6.42 Å². The average Bonchev–Trinajstić information content (AvgIpc) is 2.55. The predicted octanol–water partition coefficient (Wildman–Crippen LogP) is 1.67. The second-order valence-electron chi connectivity index (χ2n) is 4.93. The molecule has 0 amide bonds. The molecule has 0 radical (unpaired) electrons. The van der Waals surface area contributed by atoms with Crippen LogP contribution in [0.1, 0.15) is 24.7 Å². The van der Waals surface area contributed by atoms with Gasteiger partial charge in [-0.05, 0) is 31.2 Å². The molecule has 0 aliphatic heterocycles. The van der Waals surface area contributed by atoms with E-state index in [1.807, 2.05) is 6.07 Å². The summed E-state index contributed by atoms with van der Waals surface area (Å²) in [6, 6.07) is 7.06. The molecule has 2 N–H and O–H groups in total. The van der Waals surface area contributed by atoms with E-state index in [2.05, 4.69) is 9.97 Å². The van der Waals surface area contributed by atoms with Crippen LogP contribution in [0.25, 0.3) is 0 Å². The third-order valence-electron chi connectivity index (χ3n) is 3.24. The fourth-order valence-corrected chi connectivity index (χ4v) is 3.30. The van der Waals surface area contributed by atoms with Gasteiger partial charge in [0.2, 0.25) is 0 Å². The first-order valence-corrected chi connectivity index (χ1v) is 8.22. The molecule has 1 aromatic carbocycles. The lowest BCUT2D eigenvalue weighted by atomic mass is 10.1. The number of phenolic OH excluding ortho intramolecular Hbond substituents is 1. The number of rotatable bonds is 5. The molecule has 0 saturated heterocycles. The first-order chi connectivity index (χ1) is 10.8. The third kappa shape index (κ3) is 3.70. The zero-order chi connectivity index (χ0) is 17.0. The maximum absolute atomic E-state index is 12.5. The van der Waals surface area contributed by atoms with E-state index >= 15 is 0 Å². The Bertz CT molecular complexity index is 870. The van der Waals surface area contributed by atoms with Gasteiger partial charge in [0.05, 0.1) is 28.3 Å². The summed E-state index contributed by atoms with van der Waals surface area (Å²) >= 11 is 0. The summed E-state index contributed by atoms with van der Waals surface area (Å²) in [6.45, 7) is 1.50. The van der Waals surface area contributed by atoms with Crippen LogP contribution >= 0.6 is 0 Å². The number of hydrogen-bond acceptors (Lipinski definition) is 7. The van der Waals surface area contributed by atoms with Gasteiger partial charge in [0.1, 0.15) is 17.5 Å². The molecule has 0 bridgehead atoms. The molecule has 0 aliphatic rings.